The van der Waals surface area contributed by atoms with Crippen LogP contribution in [0.3, 0.4) is 0 Å². The van der Waals surface area contributed by atoms with Crippen LogP contribution in [0.1, 0.15) is 12.8 Å². The van der Waals surface area contributed by atoms with Crippen LogP contribution in [0, 0.1) is 0 Å². The Bertz CT molecular complexity index is 1040. The van der Waals surface area contributed by atoms with Crippen molar-refractivity contribution in [3.8, 4) is 11.5 Å². The number of rotatable bonds is 8. The highest BCUT2D eigenvalue weighted by Crippen LogP contribution is 2.32. The Balaban J connectivity index is 1.85. The Hall–Kier alpha value is -4.88. The Morgan fingerprint density at radius 2 is 0.889 bits per heavy atom. The fourth-order valence-electron chi connectivity index (χ4n) is 3.85. The molecule has 0 spiro atoms. The Labute approximate surface area is 208 Å². The first-order chi connectivity index (χ1) is 17.1. The number of hydrogen-bond acceptors (Lipinski definition) is 6. The van der Waals surface area contributed by atoms with Gasteiger partial charge >= 0.3 is 0 Å². The maximum Gasteiger partial charge on any atom is 0.191 e. The number of hydrogen-bond donors (Lipinski definition) is 8. The number of benzene rings is 2. The molecule has 2 aromatic carbocycles. The molecule has 0 saturated heterocycles. The molecule has 3 rings (SSSR count). The van der Waals surface area contributed by atoms with Crippen molar-refractivity contribution in [3.05, 3.63) is 48.5 Å². The molecule has 1 saturated carbocycles. The molecule has 14 nitrogen and oxygen atoms in total. The Kier molecular flexibility index (Phi) is 8.22. The van der Waals surface area contributed by atoms with Crippen molar-refractivity contribution < 1.29 is 9.47 Å². The van der Waals surface area contributed by atoms with E-state index in [9.17, 15) is 0 Å². The van der Waals surface area contributed by atoms with Gasteiger partial charge in [0, 0.05) is 6.42 Å². The zero-order chi connectivity index (χ0) is 26.2. The van der Waals surface area contributed by atoms with Gasteiger partial charge in [0.2, 0.25) is 0 Å². The van der Waals surface area contributed by atoms with E-state index in [4.69, 9.17) is 55.3 Å². The quantitative estimate of drug-likeness (QED) is 0.159. The second-order valence-electron chi connectivity index (χ2n) is 8.09. The second-order valence-corrected chi connectivity index (χ2v) is 8.09. The second kappa shape index (κ2) is 11.5. The van der Waals surface area contributed by atoms with Crippen molar-refractivity contribution in [2.45, 2.75) is 37.1 Å². The highest BCUT2D eigenvalue weighted by atomic mass is 16.5. The van der Waals surface area contributed by atoms with Gasteiger partial charge in [-0.05, 0) is 55.0 Å². The van der Waals surface area contributed by atoms with Gasteiger partial charge < -0.3 is 55.3 Å². The molecular formula is C22H32N12O2. The lowest BCUT2D eigenvalue weighted by Crippen LogP contribution is -2.50. The highest BCUT2D eigenvalue weighted by Gasteiger charge is 2.40. The maximum atomic E-state index is 6.25. The third-order valence-electron chi connectivity index (χ3n) is 5.20. The van der Waals surface area contributed by atoms with Crippen LogP contribution in [0.2, 0.25) is 0 Å². The molecular weight excluding hydrogens is 464 g/mol. The van der Waals surface area contributed by atoms with E-state index in [2.05, 4.69) is 20.0 Å². The van der Waals surface area contributed by atoms with Crippen LogP contribution < -0.4 is 55.3 Å². The first kappa shape index (κ1) is 25.7. The summed E-state index contributed by atoms with van der Waals surface area (Å²) in [4.78, 5) is 16.7. The SMILES string of the molecule is NC(N)=Nc1ccc(OC2CC(Oc3ccc(N=C(N)N)cc3)C(N=C(N)N)CC2N=C(N)N)cc1. The molecule has 4 atom stereocenters. The van der Waals surface area contributed by atoms with Gasteiger partial charge in [-0.2, -0.15) is 0 Å². The van der Waals surface area contributed by atoms with E-state index in [1.807, 2.05) is 0 Å². The van der Waals surface area contributed by atoms with Gasteiger partial charge in [0.15, 0.2) is 23.8 Å². The van der Waals surface area contributed by atoms with Crippen molar-refractivity contribution in [3.63, 3.8) is 0 Å². The van der Waals surface area contributed by atoms with Crippen molar-refractivity contribution in [1.29, 1.82) is 0 Å². The summed E-state index contributed by atoms with van der Waals surface area (Å²) >= 11 is 0. The third kappa shape index (κ3) is 7.58. The number of nitrogens with zero attached hydrogens (tertiary/aromatic N) is 4. The van der Waals surface area contributed by atoms with E-state index in [-0.39, 0.29) is 23.8 Å². The smallest absolute Gasteiger partial charge is 0.191 e. The molecule has 1 fully saturated rings. The monoisotopic (exact) mass is 496 g/mol. The van der Waals surface area contributed by atoms with E-state index in [0.29, 0.717) is 35.7 Å². The lowest BCUT2D eigenvalue weighted by Gasteiger charge is -2.38. The predicted molar refractivity (Wildman–Crippen MR) is 141 cm³/mol. The molecule has 2 aromatic rings. The largest absolute Gasteiger partial charge is 0.488 e. The molecule has 0 aliphatic heterocycles. The van der Waals surface area contributed by atoms with E-state index in [1.54, 1.807) is 48.5 Å². The van der Waals surface area contributed by atoms with Crippen molar-refractivity contribution in [1.82, 2.24) is 0 Å². The topological polar surface area (TPSA) is 276 Å². The molecule has 0 amide bonds. The molecule has 0 heterocycles. The van der Waals surface area contributed by atoms with Gasteiger partial charge in [-0.3, -0.25) is 0 Å². The van der Waals surface area contributed by atoms with Gasteiger partial charge in [-0.25, -0.2) is 20.0 Å². The minimum Gasteiger partial charge on any atom is -0.488 e. The van der Waals surface area contributed by atoms with Crippen molar-refractivity contribution >= 4 is 35.2 Å². The molecule has 4 unspecified atom stereocenters. The summed E-state index contributed by atoms with van der Waals surface area (Å²) < 4.78 is 12.5. The number of nitrogens with two attached hydrogens (primary N) is 8. The fraction of sp³-hybridized carbons (Fsp3) is 0.273. The fourth-order valence-corrected chi connectivity index (χ4v) is 3.85. The Morgan fingerprint density at radius 3 is 1.19 bits per heavy atom. The normalized spacial score (nSPS) is 20.9. The lowest BCUT2D eigenvalue weighted by molar-refractivity contribution is 0.0417. The van der Waals surface area contributed by atoms with Crippen molar-refractivity contribution in [2.24, 2.45) is 65.8 Å². The van der Waals surface area contributed by atoms with Crippen LogP contribution >= 0.6 is 0 Å². The summed E-state index contributed by atoms with van der Waals surface area (Å²) in [6, 6.07) is 13.0. The summed E-state index contributed by atoms with van der Waals surface area (Å²) in [5.74, 6) is 0.920. The summed E-state index contributed by atoms with van der Waals surface area (Å²) in [5.41, 5.74) is 45.6. The van der Waals surface area contributed by atoms with Crippen molar-refractivity contribution in [2.75, 3.05) is 0 Å². The minimum absolute atomic E-state index is 0.0409. The van der Waals surface area contributed by atoms with Crippen LogP contribution in [0.5, 0.6) is 11.5 Å². The van der Waals surface area contributed by atoms with Crippen LogP contribution in [0.25, 0.3) is 0 Å². The number of guanidine groups is 4. The predicted octanol–water partition coefficient (Wildman–Crippen LogP) is -1.23. The third-order valence-corrected chi connectivity index (χ3v) is 5.20. The number of ether oxygens (including phenoxy) is 2. The van der Waals surface area contributed by atoms with Gasteiger partial charge in [0.05, 0.1) is 23.5 Å². The van der Waals surface area contributed by atoms with Crippen LogP contribution in [-0.4, -0.2) is 48.1 Å². The standard InChI is InChI=1S/C22H32N12O2/c23-19(24)31-11-1-5-13(6-2-11)35-17-10-18(16(34-22(29)30)9-15(17)33-21(27)28)36-14-7-3-12(4-8-14)32-20(25)26/h1-8,15-18H,9-10H2,(H4,23,24,31)(H4,25,26,32)(H4,27,28,33)(H4,29,30,34). The summed E-state index contributed by atoms with van der Waals surface area (Å²) in [7, 11) is 0. The Morgan fingerprint density at radius 1 is 0.528 bits per heavy atom. The van der Waals surface area contributed by atoms with Crippen LogP contribution in [0.15, 0.2) is 68.5 Å². The molecule has 1 aliphatic carbocycles. The van der Waals surface area contributed by atoms with Gasteiger partial charge in [-0.1, -0.05) is 0 Å². The first-order valence-electron chi connectivity index (χ1n) is 11.0. The van der Waals surface area contributed by atoms with Crippen LogP contribution in [0.4, 0.5) is 11.4 Å². The van der Waals surface area contributed by atoms with E-state index in [0.717, 1.165) is 0 Å². The van der Waals surface area contributed by atoms with E-state index >= 15 is 0 Å². The molecule has 36 heavy (non-hydrogen) atoms. The molecule has 0 radical (unpaired) electrons. The summed E-state index contributed by atoms with van der Waals surface area (Å²) in [6.07, 6.45) is -0.132. The average molecular weight is 497 g/mol. The van der Waals surface area contributed by atoms with E-state index < -0.39 is 24.3 Å². The summed E-state index contributed by atoms with van der Waals surface area (Å²) in [6.45, 7) is 0. The number of aliphatic imine (C=N–C) groups is 4. The van der Waals surface area contributed by atoms with Gasteiger partial charge in [0.1, 0.15) is 23.7 Å². The molecule has 0 aromatic heterocycles. The lowest BCUT2D eigenvalue weighted by atomic mass is 9.86. The van der Waals surface area contributed by atoms with E-state index in [1.165, 1.54) is 0 Å². The molecule has 192 valence electrons. The molecule has 14 heteroatoms. The molecule has 1 aliphatic rings. The minimum atomic E-state index is -0.447. The van der Waals surface area contributed by atoms with Gasteiger partial charge in [-0.15, -0.1) is 0 Å². The first-order valence-corrected chi connectivity index (χ1v) is 11.0. The highest BCUT2D eigenvalue weighted by molar-refractivity contribution is 5.79. The summed E-state index contributed by atoms with van der Waals surface area (Å²) in [5, 5.41) is 0. The molecule has 16 N–H and O–H groups in total. The van der Waals surface area contributed by atoms with Crippen LogP contribution in [-0.2, 0) is 0 Å². The zero-order valence-electron chi connectivity index (χ0n) is 19.6. The van der Waals surface area contributed by atoms with Gasteiger partial charge in [0.25, 0.3) is 0 Å². The maximum absolute atomic E-state index is 6.25. The zero-order valence-corrected chi connectivity index (χ0v) is 19.6. The average Bonchev–Trinajstić information content (AvgIpc) is 2.77. The molecule has 0 bridgehead atoms.